The summed E-state index contributed by atoms with van der Waals surface area (Å²) in [6.45, 7) is 3.60. The molecular formula is C17H19N3O3. The summed E-state index contributed by atoms with van der Waals surface area (Å²) in [4.78, 5) is 26.5. The van der Waals surface area contributed by atoms with Gasteiger partial charge in [-0.05, 0) is 31.9 Å². The molecule has 2 atom stereocenters. The van der Waals surface area contributed by atoms with E-state index >= 15 is 0 Å². The van der Waals surface area contributed by atoms with Gasteiger partial charge in [0.25, 0.3) is 5.91 Å². The van der Waals surface area contributed by atoms with Crippen molar-refractivity contribution < 1.29 is 14.3 Å². The van der Waals surface area contributed by atoms with Crippen LogP contribution >= 0.6 is 0 Å². The second-order valence-corrected chi connectivity index (χ2v) is 5.84. The molecule has 120 valence electrons. The lowest BCUT2D eigenvalue weighted by Gasteiger charge is -2.25. The lowest BCUT2D eigenvalue weighted by molar-refractivity contribution is -0.126. The van der Waals surface area contributed by atoms with Crippen LogP contribution in [0.2, 0.25) is 0 Å². The fourth-order valence-electron chi connectivity index (χ4n) is 2.90. The molecule has 1 aliphatic heterocycles. The molecule has 1 aromatic carbocycles. The average Bonchev–Trinajstić information content (AvgIpc) is 3.09. The smallest absolute Gasteiger partial charge is 0.342 e. The fourth-order valence-corrected chi connectivity index (χ4v) is 2.90. The number of amides is 1. The number of aryl methyl sites for hydroxylation is 1. The number of esters is 1. The minimum Gasteiger partial charge on any atom is -0.449 e. The molecule has 1 aliphatic rings. The van der Waals surface area contributed by atoms with Crippen molar-refractivity contribution >= 4 is 17.6 Å². The van der Waals surface area contributed by atoms with Crippen LogP contribution in [0.25, 0.3) is 0 Å². The number of rotatable bonds is 3. The molecule has 23 heavy (non-hydrogen) atoms. The van der Waals surface area contributed by atoms with E-state index in [9.17, 15) is 9.59 Å². The summed E-state index contributed by atoms with van der Waals surface area (Å²) < 4.78 is 6.82. The summed E-state index contributed by atoms with van der Waals surface area (Å²) in [7, 11) is 1.72. The predicted octanol–water partition coefficient (Wildman–Crippen LogP) is 1.94. The van der Waals surface area contributed by atoms with E-state index in [0.29, 0.717) is 5.56 Å². The molecule has 0 saturated carbocycles. The molecular weight excluding hydrogens is 294 g/mol. The van der Waals surface area contributed by atoms with Crippen LogP contribution in [0, 0.1) is 0 Å². The van der Waals surface area contributed by atoms with Gasteiger partial charge in [-0.15, -0.1) is 0 Å². The quantitative estimate of drug-likeness (QED) is 0.812. The zero-order chi connectivity index (χ0) is 16.6. The third-order valence-electron chi connectivity index (χ3n) is 4.02. The SMILES string of the molecule is C[C@@H]1Cc2ccccc2N1C(=O)[C@@H](C)OC(=O)c1cnn(C)c1. The number of carbonyl (C=O) groups excluding carboxylic acids is 2. The standard InChI is InChI=1S/C17H19N3O3/c1-11-8-13-6-4-5-7-15(13)20(11)16(21)12(2)23-17(22)14-9-18-19(3)10-14/h4-7,9-12H,8H2,1-3H3/t11-,12-/m1/s1. The molecule has 0 saturated heterocycles. The summed E-state index contributed by atoms with van der Waals surface area (Å²) >= 11 is 0. The van der Waals surface area contributed by atoms with Crippen molar-refractivity contribution in [3.05, 3.63) is 47.8 Å². The Hall–Kier alpha value is -2.63. The van der Waals surface area contributed by atoms with Crippen LogP contribution in [-0.4, -0.2) is 33.8 Å². The van der Waals surface area contributed by atoms with Crippen LogP contribution in [0.5, 0.6) is 0 Å². The van der Waals surface area contributed by atoms with Gasteiger partial charge < -0.3 is 9.64 Å². The summed E-state index contributed by atoms with van der Waals surface area (Å²) in [5.41, 5.74) is 2.37. The summed E-state index contributed by atoms with van der Waals surface area (Å²) in [6.07, 6.45) is 2.95. The van der Waals surface area contributed by atoms with Gasteiger partial charge in [-0.25, -0.2) is 4.79 Å². The molecule has 0 bridgehead atoms. The van der Waals surface area contributed by atoms with E-state index in [0.717, 1.165) is 17.7 Å². The largest absolute Gasteiger partial charge is 0.449 e. The van der Waals surface area contributed by atoms with E-state index in [1.54, 1.807) is 25.1 Å². The van der Waals surface area contributed by atoms with E-state index in [4.69, 9.17) is 4.74 Å². The zero-order valence-electron chi connectivity index (χ0n) is 13.4. The molecule has 0 N–H and O–H groups in total. The zero-order valence-corrected chi connectivity index (χ0v) is 13.4. The predicted molar refractivity (Wildman–Crippen MR) is 85.2 cm³/mol. The van der Waals surface area contributed by atoms with E-state index in [1.807, 2.05) is 31.2 Å². The van der Waals surface area contributed by atoms with E-state index in [1.165, 1.54) is 10.9 Å². The van der Waals surface area contributed by atoms with Gasteiger partial charge in [-0.2, -0.15) is 5.10 Å². The molecule has 1 aromatic heterocycles. The number of nitrogens with zero attached hydrogens (tertiary/aromatic N) is 3. The van der Waals surface area contributed by atoms with Gasteiger partial charge in [0.2, 0.25) is 0 Å². The Labute approximate surface area is 134 Å². The maximum absolute atomic E-state index is 12.7. The van der Waals surface area contributed by atoms with E-state index in [-0.39, 0.29) is 11.9 Å². The number of para-hydroxylation sites is 1. The van der Waals surface area contributed by atoms with Gasteiger partial charge in [0.1, 0.15) is 0 Å². The number of benzene rings is 1. The number of anilines is 1. The van der Waals surface area contributed by atoms with Crippen LogP contribution in [0.15, 0.2) is 36.7 Å². The van der Waals surface area contributed by atoms with Crippen molar-refractivity contribution in [3.8, 4) is 0 Å². The molecule has 0 spiro atoms. The number of ether oxygens (including phenoxy) is 1. The Morgan fingerprint density at radius 2 is 2.09 bits per heavy atom. The number of carbonyl (C=O) groups is 2. The lowest BCUT2D eigenvalue weighted by atomic mass is 10.1. The van der Waals surface area contributed by atoms with Crippen LogP contribution < -0.4 is 4.90 Å². The molecule has 0 aliphatic carbocycles. The van der Waals surface area contributed by atoms with E-state index < -0.39 is 12.1 Å². The minimum atomic E-state index is -0.851. The minimum absolute atomic E-state index is 0.0550. The highest BCUT2D eigenvalue weighted by Crippen LogP contribution is 2.32. The molecule has 0 fully saturated rings. The summed E-state index contributed by atoms with van der Waals surface area (Å²) in [5, 5.41) is 3.93. The second kappa shape index (κ2) is 5.87. The van der Waals surface area contributed by atoms with E-state index in [2.05, 4.69) is 5.10 Å². The van der Waals surface area contributed by atoms with Crippen molar-refractivity contribution in [2.24, 2.45) is 7.05 Å². The average molecular weight is 313 g/mol. The Bertz CT molecular complexity index is 753. The third-order valence-corrected chi connectivity index (χ3v) is 4.02. The highest BCUT2D eigenvalue weighted by molar-refractivity contribution is 6.00. The molecule has 0 unspecified atom stereocenters. The topological polar surface area (TPSA) is 64.4 Å². The molecule has 0 radical (unpaired) electrons. The molecule has 2 aromatic rings. The maximum atomic E-state index is 12.7. The second-order valence-electron chi connectivity index (χ2n) is 5.84. The fraction of sp³-hybridized carbons (Fsp3) is 0.353. The van der Waals surface area contributed by atoms with Crippen molar-refractivity contribution in [2.45, 2.75) is 32.4 Å². The van der Waals surface area contributed by atoms with Gasteiger partial charge in [-0.1, -0.05) is 18.2 Å². The molecule has 2 heterocycles. The van der Waals surface area contributed by atoms with Crippen LogP contribution in [-0.2, 0) is 23.0 Å². The molecule has 6 nitrogen and oxygen atoms in total. The first-order valence-electron chi connectivity index (χ1n) is 7.58. The van der Waals surface area contributed by atoms with Crippen LogP contribution in [0.1, 0.15) is 29.8 Å². The van der Waals surface area contributed by atoms with Gasteiger partial charge in [0, 0.05) is 25.0 Å². The third kappa shape index (κ3) is 2.84. The van der Waals surface area contributed by atoms with Crippen molar-refractivity contribution in [1.82, 2.24) is 9.78 Å². The van der Waals surface area contributed by atoms with Crippen molar-refractivity contribution in [2.75, 3.05) is 4.90 Å². The highest BCUT2D eigenvalue weighted by Gasteiger charge is 2.34. The Morgan fingerprint density at radius 3 is 2.78 bits per heavy atom. The first kappa shape index (κ1) is 15.3. The number of aromatic nitrogens is 2. The first-order valence-corrected chi connectivity index (χ1v) is 7.58. The number of hydrogen-bond donors (Lipinski definition) is 0. The van der Waals surface area contributed by atoms with Crippen LogP contribution in [0.3, 0.4) is 0 Å². The van der Waals surface area contributed by atoms with Gasteiger partial charge >= 0.3 is 5.97 Å². The highest BCUT2D eigenvalue weighted by atomic mass is 16.5. The number of hydrogen-bond acceptors (Lipinski definition) is 4. The summed E-state index contributed by atoms with van der Waals surface area (Å²) in [6, 6.07) is 7.87. The molecule has 6 heteroatoms. The monoisotopic (exact) mass is 313 g/mol. The molecule has 3 rings (SSSR count). The maximum Gasteiger partial charge on any atom is 0.342 e. The number of fused-ring (bicyclic) bond motifs is 1. The van der Waals surface area contributed by atoms with Gasteiger partial charge in [0.15, 0.2) is 6.10 Å². The lowest BCUT2D eigenvalue weighted by Crippen LogP contribution is -2.43. The van der Waals surface area contributed by atoms with Gasteiger partial charge in [0.05, 0.1) is 11.8 Å². The Kier molecular flexibility index (Phi) is 3.90. The first-order chi connectivity index (χ1) is 11.0. The van der Waals surface area contributed by atoms with Crippen molar-refractivity contribution in [3.63, 3.8) is 0 Å². The Morgan fingerprint density at radius 1 is 1.35 bits per heavy atom. The molecule has 1 amide bonds. The van der Waals surface area contributed by atoms with Gasteiger partial charge in [-0.3, -0.25) is 9.48 Å². The Balaban J connectivity index is 1.74. The summed E-state index contributed by atoms with van der Waals surface area (Å²) in [5.74, 6) is -0.751. The normalized spacial score (nSPS) is 17.7. The van der Waals surface area contributed by atoms with Crippen LogP contribution in [0.4, 0.5) is 5.69 Å². The van der Waals surface area contributed by atoms with Crippen molar-refractivity contribution in [1.29, 1.82) is 0 Å².